The van der Waals surface area contributed by atoms with E-state index in [-0.39, 0.29) is 0 Å². The predicted octanol–water partition coefficient (Wildman–Crippen LogP) is 9.52. The molecule has 0 unspecified atom stereocenters. The third-order valence-electron chi connectivity index (χ3n) is 5.48. The Kier molecular flexibility index (Phi) is 6.55. The molecule has 0 N–H and O–H groups in total. The van der Waals surface area contributed by atoms with E-state index in [4.69, 9.17) is 39.8 Å². The molecule has 5 rings (SSSR count). The van der Waals surface area contributed by atoms with Crippen LogP contribution in [0.15, 0.2) is 114 Å². The SMILES string of the molecule is Clc1ccc(-n2c(-c3ccccc3)cc(C=Nc3ccc(Cl)cc3Cl)c2-c2ccccc2)cc1. The molecule has 0 radical (unpaired) electrons. The Labute approximate surface area is 213 Å². The van der Waals surface area contributed by atoms with Gasteiger partial charge < -0.3 is 4.57 Å². The molecule has 0 spiro atoms. The summed E-state index contributed by atoms with van der Waals surface area (Å²) in [5.41, 5.74) is 6.87. The molecule has 2 nitrogen and oxygen atoms in total. The normalized spacial score (nSPS) is 11.3. The van der Waals surface area contributed by atoms with E-state index in [9.17, 15) is 0 Å². The zero-order chi connectivity index (χ0) is 23.5. The van der Waals surface area contributed by atoms with E-state index < -0.39 is 0 Å². The molecule has 0 amide bonds. The van der Waals surface area contributed by atoms with Gasteiger partial charge in [-0.1, -0.05) is 95.5 Å². The minimum absolute atomic E-state index is 0.505. The van der Waals surface area contributed by atoms with Gasteiger partial charge in [-0.05, 0) is 59.7 Å². The molecule has 5 heteroatoms. The van der Waals surface area contributed by atoms with Gasteiger partial charge >= 0.3 is 0 Å². The summed E-state index contributed by atoms with van der Waals surface area (Å²) < 4.78 is 2.24. The van der Waals surface area contributed by atoms with E-state index in [0.717, 1.165) is 33.8 Å². The van der Waals surface area contributed by atoms with Gasteiger partial charge in [0.25, 0.3) is 0 Å². The number of rotatable bonds is 5. The average Bonchev–Trinajstić information content (AvgIpc) is 3.24. The molecule has 0 aliphatic rings. The van der Waals surface area contributed by atoms with Crippen LogP contribution in [-0.4, -0.2) is 10.8 Å². The standard InChI is InChI=1S/C29H19Cl3N2/c30-23-11-14-25(15-12-23)34-28(20-7-3-1-4-8-20)17-22(29(34)21-9-5-2-6-10-21)19-33-27-16-13-24(31)18-26(27)32/h1-19H. The molecule has 0 saturated heterocycles. The first-order valence-corrected chi connectivity index (χ1v) is 11.9. The molecule has 0 aliphatic carbocycles. The van der Waals surface area contributed by atoms with Crippen LogP contribution < -0.4 is 0 Å². The van der Waals surface area contributed by atoms with Crippen LogP contribution in [-0.2, 0) is 0 Å². The second kappa shape index (κ2) is 9.90. The Morgan fingerprint density at radius 2 is 1.24 bits per heavy atom. The summed E-state index contributed by atoms with van der Waals surface area (Å²) >= 11 is 18.6. The van der Waals surface area contributed by atoms with Crippen molar-refractivity contribution in [3.8, 4) is 28.2 Å². The highest BCUT2D eigenvalue weighted by molar-refractivity contribution is 6.36. The minimum atomic E-state index is 0.505. The van der Waals surface area contributed by atoms with Gasteiger partial charge in [0.2, 0.25) is 0 Å². The summed E-state index contributed by atoms with van der Waals surface area (Å²) in [6.07, 6.45) is 1.86. The molecule has 0 bridgehead atoms. The number of halogens is 3. The Bertz CT molecular complexity index is 1460. The fourth-order valence-corrected chi connectivity index (χ4v) is 4.51. The second-order valence-corrected chi connectivity index (χ2v) is 9.01. The van der Waals surface area contributed by atoms with Gasteiger partial charge in [-0.15, -0.1) is 0 Å². The van der Waals surface area contributed by atoms with Gasteiger partial charge in [-0.25, -0.2) is 0 Å². The van der Waals surface area contributed by atoms with E-state index in [1.54, 1.807) is 12.1 Å². The molecule has 4 aromatic carbocycles. The highest BCUT2D eigenvalue weighted by Gasteiger charge is 2.18. The molecule has 1 heterocycles. The summed E-state index contributed by atoms with van der Waals surface area (Å²) in [5, 5.41) is 1.78. The van der Waals surface area contributed by atoms with Crippen molar-refractivity contribution in [3.63, 3.8) is 0 Å². The number of aliphatic imine (C=N–C) groups is 1. The van der Waals surface area contributed by atoms with Crippen LogP contribution in [0.5, 0.6) is 0 Å². The van der Waals surface area contributed by atoms with E-state index in [1.807, 2.05) is 72.9 Å². The zero-order valence-corrected chi connectivity index (χ0v) is 20.3. The topological polar surface area (TPSA) is 17.3 Å². The predicted molar refractivity (Wildman–Crippen MR) is 145 cm³/mol. The lowest BCUT2D eigenvalue weighted by atomic mass is 10.1. The molecule has 5 aromatic rings. The first-order chi connectivity index (χ1) is 16.6. The molecule has 0 aliphatic heterocycles. The summed E-state index contributed by atoms with van der Waals surface area (Å²) in [6, 6.07) is 35.9. The maximum atomic E-state index is 6.38. The van der Waals surface area contributed by atoms with Crippen LogP contribution in [0.2, 0.25) is 15.1 Å². The molecule has 0 fully saturated rings. The monoisotopic (exact) mass is 500 g/mol. The van der Waals surface area contributed by atoms with Crippen LogP contribution in [0.3, 0.4) is 0 Å². The number of hydrogen-bond acceptors (Lipinski definition) is 1. The van der Waals surface area contributed by atoms with Crippen molar-refractivity contribution >= 4 is 46.7 Å². The quantitative estimate of drug-likeness (QED) is 0.213. The highest BCUT2D eigenvalue weighted by Crippen LogP contribution is 2.36. The lowest BCUT2D eigenvalue weighted by Gasteiger charge is -2.15. The number of benzene rings is 4. The Balaban J connectivity index is 1.77. The smallest absolute Gasteiger partial charge is 0.0817 e. The summed E-state index contributed by atoms with van der Waals surface area (Å²) in [6.45, 7) is 0. The Hall–Kier alpha value is -3.30. The number of aromatic nitrogens is 1. The van der Waals surface area contributed by atoms with E-state index >= 15 is 0 Å². The molecular weight excluding hydrogens is 483 g/mol. The van der Waals surface area contributed by atoms with Crippen molar-refractivity contribution in [2.45, 2.75) is 0 Å². The van der Waals surface area contributed by atoms with Crippen molar-refractivity contribution in [2.24, 2.45) is 4.99 Å². The summed E-state index contributed by atoms with van der Waals surface area (Å²) in [5.74, 6) is 0. The molecule has 0 atom stereocenters. The van der Waals surface area contributed by atoms with Gasteiger partial charge in [0.15, 0.2) is 0 Å². The summed E-state index contributed by atoms with van der Waals surface area (Å²) in [7, 11) is 0. The van der Waals surface area contributed by atoms with Crippen molar-refractivity contribution < 1.29 is 0 Å². The van der Waals surface area contributed by atoms with Gasteiger partial charge in [0, 0.05) is 27.5 Å². The Morgan fingerprint density at radius 3 is 1.88 bits per heavy atom. The van der Waals surface area contributed by atoms with Crippen molar-refractivity contribution in [1.82, 2.24) is 4.57 Å². The highest BCUT2D eigenvalue weighted by atomic mass is 35.5. The van der Waals surface area contributed by atoms with Gasteiger partial charge in [0.1, 0.15) is 0 Å². The summed E-state index contributed by atoms with van der Waals surface area (Å²) in [4.78, 5) is 4.71. The van der Waals surface area contributed by atoms with Gasteiger partial charge in [-0.3, -0.25) is 4.99 Å². The fourth-order valence-electron chi connectivity index (χ4n) is 3.92. The maximum absolute atomic E-state index is 6.38. The maximum Gasteiger partial charge on any atom is 0.0817 e. The molecule has 34 heavy (non-hydrogen) atoms. The van der Waals surface area contributed by atoms with Crippen LogP contribution in [0.4, 0.5) is 5.69 Å². The molecular formula is C29H19Cl3N2. The first-order valence-electron chi connectivity index (χ1n) is 10.7. The van der Waals surface area contributed by atoms with Crippen molar-refractivity contribution in [1.29, 1.82) is 0 Å². The van der Waals surface area contributed by atoms with E-state index in [0.29, 0.717) is 20.8 Å². The van der Waals surface area contributed by atoms with Crippen molar-refractivity contribution in [2.75, 3.05) is 0 Å². The van der Waals surface area contributed by atoms with E-state index in [2.05, 4.69) is 34.9 Å². The largest absolute Gasteiger partial charge is 0.309 e. The first kappa shape index (κ1) is 22.5. The van der Waals surface area contributed by atoms with Crippen LogP contribution >= 0.6 is 34.8 Å². The third-order valence-corrected chi connectivity index (χ3v) is 6.27. The Morgan fingerprint density at radius 1 is 0.618 bits per heavy atom. The van der Waals surface area contributed by atoms with Crippen LogP contribution in [0, 0.1) is 0 Å². The number of nitrogens with zero attached hydrogens (tertiary/aromatic N) is 2. The van der Waals surface area contributed by atoms with Crippen molar-refractivity contribution in [3.05, 3.63) is 130 Å². The van der Waals surface area contributed by atoms with Gasteiger partial charge in [0.05, 0.1) is 22.1 Å². The lowest BCUT2D eigenvalue weighted by molar-refractivity contribution is 1.09. The molecule has 1 aromatic heterocycles. The zero-order valence-electron chi connectivity index (χ0n) is 18.0. The van der Waals surface area contributed by atoms with Gasteiger partial charge in [-0.2, -0.15) is 0 Å². The average molecular weight is 502 g/mol. The van der Waals surface area contributed by atoms with Crippen LogP contribution in [0.25, 0.3) is 28.2 Å². The fraction of sp³-hybridized carbons (Fsp3) is 0. The lowest BCUT2D eigenvalue weighted by Crippen LogP contribution is -2.00. The van der Waals surface area contributed by atoms with Crippen LogP contribution in [0.1, 0.15) is 5.56 Å². The second-order valence-electron chi connectivity index (χ2n) is 7.73. The van der Waals surface area contributed by atoms with E-state index in [1.165, 1.54) is 0 Å². The molecule has 0 saturated carbocycles. The molecule has 166 valence electrons. The third kappa shape index (κ3) is 4.67. The minimum Gasteiger partial charge on any atom is -0.309 e. The number of hydrogen-bond donors (Lipinski definition) is 0.